The van der Waals surface area contributed by atoms with Crippen LogP contribution < -0.4 is 5.73 Å². The van der Waals surface area contributed by atoms with Crippen LogP contribution >= 0.6 is 0 Å². The summed E-state index contributed by atoms with van der Waals surface area (Å²) in [6.07, 6.45) is 3.79. The maximum Gasteiger partial charge on any atom is 0.224 e. The van der Waals surface area contributed by atoms with Crippen molar-refractivity contribution in [3.63, 3.8) is 0 Å². The second-order valence-electron chi connectivity index (χ2n) is 5.45. The van der Waals surface area contributed by atoms with Crippen molar-refractivity contribution in [2.75, 3.05) is 0 Å². The van der Waals surface area contributed by atoms with E-state index in [9.17, 15) is 4.79 Å². The van der Waals surface area contributed by atoms with Gasteiger partial charge in [-0.25, -0.2) is 0 Å². The second-order valence-corrected chi connectivity index (χ2v) is 5.45. The first-order chi connectivity index (χ1) is 6.85. The molecule has 0 aromatic carbocycles. The number of rotatable bonds is 3. The van der Waals surface area contributed by atoms with E-state index >= 15 is 0 Å². The predicted molar refractivity (Wildman–Crippen MR) is 62.5 cm³/mol. The van der Waals surface area contributed by atoms with Crippen LogP contribution in [-0.2, 0) is 4.79 Å². The maximum absolute atomic E-state index is 12.1. The number of carbonyl (C=O) groups excluding carboxylic acids is 1. The molecule has 88 valence electrons. The number of nitrogens with two attached hydrogens (primary N) is 1. The van der Waals surface area contributed by atoms with Crippen LogP contribution in [0.5, 0.6) is 0 Å². The summed E-state index contributed by atoms with van der Waals surface area (Å²) in [5, 5.41) is 0. The molecule has 1 aliphatic rings. The third-order valence-electron chi connectivity index (χ3n) is 3.15. The first-order valence-electron chi connectivity index (χ1n) is 5.95. The molecule has 0 aromatic rings. The Bertz CT molecular complexity index is 232. The average Bonchev–Trinajstić information content (AvgIpc) is 2.43. The number of amides is 1. The van der Waals surface area contributed by atoms with Crippen LogP contribution in [0, 0.1) is 0 Å². The second kappa shape index (κ2) is 4.52. The summed E-state index contributed by atoms with van der Waals surface area (Å²) >= 11 is 0. The molecule has 0 bridgehead atoms. The predicted octanol–water partition coefficient (Wildman–Crippen LogP) is 1.90. The Kier molecular flexibility index (Phi) is 3.77. The Morgan fingerprint density at radius 1 is 1.47 bits per heavy atom. The van der Waals surface area contributed by atoms with Gasteiger partial charge >= 0.3 is 0 Å². The summed E-state index contributed by atoms with van der Waals surface area (Å²) in [6.45, 7) is 8.10. The minimum absolute atomic E-state index is 0.222. The van der Waals surface area contributed by atoms with E-state index in [0.29, 0.717) is 18.5 Å². The molecule has 1 saturated heterocycles. The van der Waals surface area contributed by atoms with Crippen molar-refractivity contribution in [2.45, 2.75) is 71.0 Å². The summed E-state index contributed by atoms with van der Waals surface area (Å²) in [5.74, 6) is 0.222. The van der Waals surface area contributed by atoms with Gasteiger partial charge in [0.2, 0.25) is 5.91 Å². The molecule has 2 N–H and O–H groups in total. The van der Waals surface area contributed by atoms with Crippen LogP contribution in [0.2, 0.25) is 0 Å². The van der Waals surface area contributed by atoms with Gasteiger partial charge in [-0.1, -0.05) is 6.92 Å². The van der Waals surface area contributed by atoms with Gasteiger partial charge in [-0.15, -0.1) is 0 Å². The molecule has 1 aliphatic heterocycles. The van der Waals surface area contributed by atoms with Crippen LogP contribution in [0.15, 0.2) is 0 Å². The minimum Gasteiger partial charge on any atom is -0.337 e. The van der Waals surface area contributed by atoms with Gasteiger partial charge in [-0.2, -0.15) is 0 Å². The Balaban J connectivity index is 2.64. The zero-order chi connectivity index (χ0) is 11.6. The van der Waals surface area contributed by atoms with Crippen LogP contribution in [-0.4, -0.2) is 28.4 Å². The topological polar surface area (TPSA) is 46.3 Å². The van der Waals surface area contributed by atoms with Crippen LogP contribution in [0.4, 0.5) is 0 Å². The lowest BCUT2D eigenvalue weighted by Crippen LogP contribution is -2.45. The molecule has 3 heteroatoms. The van der Waals surface area contributed by atoms with Gasteiger partial charge in [0.15, 0.2) is 0 Å². The first kappa shape index (κ1) is 12.5. The van der Waals surface area contributed by atoms with Crippen LogP contribution in [0.25, 0.3) is 0 Å². The van der Waals surface area contributed by atoms with Crippen molar-refractivity contribution in [1.29, 1.82) is 0 Å². The largest absolute Gasteiger partial charge is 0.337 e. The lowest BCUT2D eigenvalue weighted by atomic mass is 10.0. The van der Waals surface area contributed by atoms with E-state index in [-0.39, 0.29) is 5.91 Å². The Morgan fingerprint density at radius 3 is 2.53 bits per heavy atom. The van der Waals surface area contributed by atoms with E-state index in [1.54, 1.807) is 0 Å². The SMILES string of the molecule is CCC1CCC(C)N1C(=O)CC(C)(C)N. The van der Waals surface area contributed by atoms with Gasteiger partial charge < -0.3 is 10.6 Å². The lowest BCUT2D eigenvalue weighted by Gasteiger charge is -2.30. The number of likely N-dealkylation sites (tertiary alicyclic amines) is 1. The molecule has 0 spiro atoms. The molecule has 1 heterocycles. The monoisotopic (exact) mass is 212 g/mol. The van der Waals surface area contributed by atoms with Gasteiger partial charge in [0, 0.05) is 24.0 Å². The van der Waals surface area contributed by atoms with Crippen molar-refractivity contribution in [1.82, 2.24) is 4.90 Å². The van der Waals surface area contributed by atoms with Gasteiger partial charge in [0.05, 0.1) is 0 Å². The van der Waals surface area contributed by atoms with Gasteiger partial charge in [0.25, 0.3) is 0 Å². The average molecular weight is 212 g/mol. The van der Waals surface area contributed by atoms with Gasteiger partial charge in [-0.3, -0.25) is 4.79 Å². The maximum atomic E-state index is 12.1. The number of nitrogens with zero attached hydrogens (tertiary/aromatic N) is 1. The molecular formula is C12H24N2O. The molecule has 0 aliphatic carbocycles. The van der Waals surface area contributed by atoms with Gasteiger partial charge in [0.1, 0.15) is 0 Å². The molecule has 0 saturated carbocycles. The zero-order valence-corrected chi connectivity index (χ0v) is 10.4. The highest BCUT2D eigenvalue weighted by Crippen LogP contribution is 2.27. The zero-order valence-electron chi connectivity index (χ0n) is 10.4. The van der Waals surface area contributed by atoms with E-state index in [4.69, 9.17) is 5.73 Å². The van der Waals surface area contributed by atoms with E-state index < -0.39 is 5.54 Å². The fraction of sp³-hybridized carbons (Fsp3) is 0.917. The Morgan fingerprint density at radius 2 is 2.07 bits per heavy atom. The van der Waals surface area contributed by atoms with Crippen molar-refractivity contribution in [3.05, 3.63) is 0 Å². The molecule has 2 atom stereocenters. The first-order valence-corrected chi connectivity index (χ1v) is 5.95. The van der Waals surface area contributed by atoms with Gasteiger partial charge in [-0.05, 0) is 40.0 Å². The number of hydrogen-bond acceptors (Lipinski definition) is 2. The minimum atomic E-state index is -0.391. The highest BCUT2D eigenvalue weighted by atomic mass is 16.2. The molecule has 0 aromatic heterocycles. The third-order valence-corrected chi connectivity index (χ3v) is 3.15. The molecule has 0 radical (unpaired) electrons. The van der Waals surface area contributed by atoms with E-state index in [0.717, 1.165) is 19.3 Å². The smallest absolute Gasteiger partial charge is 0.224 e. The standard InChI is InChI=1S/C12H24N2O/c1-5-10-7-6-9(2)14(10)11(15)8-12(3,4)13/h9-10H,5-8,13H2,1-4H3. The van der Waals surface area contributed by atoms with E-state index in [1.165, 1.54) is 0 Å². The molecule has 15 heavy (non-hydrogen) atoms. The fourth-order valence-corrected chi connectivity index (χ4v) is 2.40. The molecule has 1 rings (SSSR count). The number of hydrogen-bond donors (Lipinski definition) is 1. The quantitative estimate of drug-likeness (QED) is 0.776. The summed E-state index contributed by atoms with van der Waals surface area (Å²) in [4.78, 5) is 14.1. The molecule has 3 nitrogen and oxygen atoms in total. The summed E-state index contributed by atoms with van der Waals surface area (Å²) in [5.41, 5.74) is 5.50. The fourth-order valence-electron chi connectivity index (χ4n) is 2.40. The summed E-state index contributed by atoms with van der Waals surface area (Å²) in [7, 11) is 0. The van der Waals surface area contributed by atoms with Crippen molar-refractivity contribution in [2.24, 2.45) is 5.73 Å². The molecule has 2 unspecified atom stereocenters. The normalized spacial score (nSPS) is 27.1. The van der Waals surface area contributed by atoms with Crippen molar-refractivity contribution in [3.8, 4) is 0 Å². The van der Waals surface area contributed by atoms with Crippen molar-refractivity contribution < 1.29 is 4.79 Å². The highest BCUT2D eigenvalue weighted by molar-refractivity contribution is 5.78. The molecular weight excluding hydrogens is 188 g/mol. The molecule has 1 amide bonds. The Hall–Kier alpha value is -0.570. The lowest BCUT2D eigenvalue weighted by molar-refractivity contribution is -0.134. The van der Waals surface area contributed by atoms with E-state index in [1.807, 2.05) is 13.8 Å². The number of carbonyl (C=O) groups is 1. The summed E-state index contributed by atoms with van der Waals surface area (Å²) < 4.78 is 0. The van der Waals surface area contributed by atoms with Crippen LogP contribution in [0.3, 0.4) is 0 Å². The molecule has 1 fully saturated rings. The van der Waals surface area contributed by atoms with E-state index in [2.05, 4.69) is 18.7 Å². The Labute approximate surface area is 93.0 Å². The summed E-state index contributed by atoms with van der Waals surface area (Å²) in [6, 6.07) is 0.833. The van der Waals surface area contributed by atoms with Crippen molar-refractivity contribution >= 4 is 5.91 Å². The third kappa shape index (κ3) is 3.20. The highest BCUT2D eigenvalue weighted by Gasteiger charge is 2.34. The van der Waals surface area contributed by atoms with Crippen LogP contribution in [0.1, 0.15) is 53.4 Å².